The van der Waals surface area contributed by atoms with Crippen molar-refractivity contribution in [1.29, 1.82) is 0 Å². The summed E-state index contributed by atoms with van der Waals surface area (Å²) in [6.07, 6.45) is 13.3. The summed E-state index contributed by atoms with van der Waals surface area (Å²) in [7, 11) is 0. The Balaban J connectivity index is 1.18. The van der Waals surface area contributed by atoms with Crippen LogP contribution in [-0.4, -0.2) is 70.5 Å². The third-order valence-corrected chi connectivity index (χ3v) is 8.10. The number of hydrogen-bond donors (Lipinski definition) is 2. The second-order valence-electron chi connectivity index (χ2n) is 10.8. The van der Waals surface area contributed by atoms with Gasteiger partial charge in [0, 0.05) is 48.9 Å². The van der Waals surface area contributed by atoms with E-state index < -0.39 is 29.8 Å². The number of nitrogens with zero attached hydrogens (tertiary/aromatic N) is 3. The molecule has 0 aromatic carbocycles. The van der Waals surface area contributed by atoms with Crippen LogP contribution in [0.3, 0.4) is 0 Å². The molecule has 1 spiro atoms. The maximum atomic E-state index is 14.8. The van der Waals surface area contributed by atoms with E-state index in [0.29, 0.717) is 25.9 Å². The molecule has 4 aliphatic rings. The molecule has 2 aliphatic carbocycles. The van der Waals surface area contributed by atoms with Crippen LogP contribution in [0.1, 0.15) is 56.9 Å². The lowest BCUT2D eigenvalue weighted by molar-refractivity contribution is -0.124. The molecule has 3 amide bonds. The van der Waals surface area contributed by atoms with Crippen molar-refractivity contribution in [3.8, 4) is 12.3 Å². The second kappa shape index (κ2) is 9.05. The fourth-order valence-electron chi connectivity index (χ4n) is 5.34. The van der Waals surface area contributed by atoms with E-state index in [1.165, 1.54) is 31.2 Å². The smallest absolute Gasteiger partial charge is 0.318 e. The number of alkyl halides is 2. The Morgan fingerprint density at radius 3 is 2.51 bits per heavy atom. The molecular weight excluding hydrogens is 452 g/mol. The van der Waals surface area contributed by atoms with Crippen LogP contribution >= 0.6 is 0 Å². The Hall–Kier alpha value is -2.73. The Kier molecular flexibility index (Phi) is 6.20. The number of amides is 3. The minimum atomic E-state index is -3.17. The number of piperidine rings is 1. The van der Waals surface area contributed by atoms with E-state index in [0.717, 1.165) is 38.2 Å². The van der Waals surface area contributed by atoms with Gasteiger partial charge in [0.2, 0.25) is 5.91 Å². The van der Waals surface area contributed by atoms with Crippen molar-refractivity contribution in [3.63, 3.8) is 0 Å². The van der Waals surface area contributed by atoms with E-state index in [-0.39, 0.29) is 23.4 Å². The van der Waals surface area contributed by atoms with E-state index in [2.05, 4.69) is 26.4 Å². The van der Waals surface area contributed by atoms with Crippen LogP contribution in [-0.2, 0) is 10.7 Å². The van der Waals surface area contributed by atoms with Crippen LogP contribution in [0.2, 0.25) is 0 Å². The maximum Gasteiger partial charge on any atom is 0.318 e. The Bertz CT molecular complexity index is 987. The maximum absolute atomic E-state index is 14.8. The standard InChI is InChI=1S/C26H33F2N5O2/c1-2-25(9-10-25)31-22(34)21(7-8-26(27,28)19-4-3-13-29-16-19)30-23(35)33-17-24(18-33)11-14-32(15-12-24)20-5-6-20/h1,3-4,13,16,20-21H,5-12,14-15,17-18H2,(H,30,35)(H,31,34)/t21-/m0/s1. The molecule has 2 N–H and O–H groups in total. The Morgan fingerprint density at radius 2 is 1.94 bits per heavy atom. The molecule has 0 bridgehead atoms. The minimum Gasteiger partial charge on any atom is -0.338 e. The molecule has 188 valence electrons. The highest BCUT2D eigenvalue weighted by Crippen LogP contribution is 2.43. The molecule has 1 atom stereocenters. The first-order valence-corrected chi connectivity index (χ1v) is 12.6. The number of nitrogens with one attached hydrogen (secondary N) is 2. The van der Waals surface area contributed by atoms with Crippen LogP contribution in [0.5, 0.6) is 0 Å². The number of aromatic nitrogens is 1. The van der Waals surface area contributed by atoms with Gasteiger partial charge in [-0.25, -0.2) is 13.6 Å². The molecule has 2 saturated carbocycles. The first-order chi connectivity index (χ1) is 16.7. The van der Waals surface area contributed by atoms with E-state index in [9.17, 15) is 18.4 Å². The highest BCUT2D eigenvalue weighted by Gasteiger charge is 2.49. The third-order valence-electron chi connectivity index (χ3n) is 8.10. The van der Waals surface area contributed by atoms with Crippen LogP contribution in [0.25, 0.3) is 0 Å². The van der Waals surface area contributed by atoms with Crippen molar-refractivity contribution in [2.45, 2.75) is 74.9 Å². The average molecular weight is 486 g/mol. The lowest BCUT2D eigenvalue weighted by atomic mass is 9.72. The van der Waals surface area contributed by atoms with Gasteiger partial charge in [0.05, 0.1) is 0 Å². The summed E-state index contributed by atoms with van der Waals surface area (Å²) in [4.78, 5) is 34.0. The SMILES string of the molecule is C#CC1(NC(=O)[C@H](CCC(F)(F)c2cccnc2)NC(=O)N2CC3(CCN(C4CC4)CC3)C2)CC1. The molecule has 0 unspecified atom stereocenters. The van der Waals surface area contributed by atoms with E-state index >= 15 is 0 Å². The number of likely N-dealkylation sites (tertiary alicyclic amines) is 2. The van der Waals surface area contributed by atoms with Crippen molar-refractivity contribution in [1.82, 2.24) is 25.4 Å². The summed E-state index contributed by atoms with van der Waals surface area (Å²) in [6.45, 7) is 3.43. The van der Waals surface area contributed by atoms with Crippen LogP contribution < -0.4 is 10.6 Å². The zero-order chi connectivity index (χ0) is 24.7. The van der Waals surface area contributed by atoms with Crippen molar-refractivity contribution in [3.05, 3.63) is 30.1 Å². The highest BCUT2D eigenvalue weighted by atomic mass is 19.3. The number of urea groups is 1. The number of carbonyl (C=O) groups excluding carboxylic acids is 2. The zero-order valence-electron chi connectivity index (χ0n) is 19.9. The molecular formula is C26H33F2N5O2. The summed E-state index contributed by atoms with van der Waals surface area (Å²) in [6, 6.07) is 2.05. The van der Waals surface area contributed by atoms with Gasteiger partial charge in [-0.15, -0.1) is 6.42 Å². The number of rotatable bonds is 8. The summed E-state index contributed by atoms with van der Waals surface area (Å²) in [5.74, 6) is -1.11. The predicted molar refractivity (Wildman–Crippen MR) is 126 cm³/mol. The molecule has 5 rings (SSSR count). The molecule has 7 nitrogen and oxygen atoms in total. The number of terminal acetylenes is 1. The van der Waals surface area contributed by atoms with Crippen molar-refractivity contribution < 1.29 is 18.4 Å². The monoisotopic (exact) mass is 485 g/mol. The summed E-state index contributed by atoms with van der Waals surface area (Å²) < 4.78 is 29.5. The first kappa shape index (κ1) is 24.0. The molecule has 0 radical (unpaired) electrons. The molecule has 2 saturated heterocycles. The van der Waals surface area contributed by atoms with Gasteiger partial charge in [0.1, 0.15) is 11.6 Å². The van der Waals surface area contributed by atoms with Gasteiger partial charge in [-0.1, -0.05) is 5.92 Å². The summed E-state index contributed by atoms with van der Waals surface area (Å²) in [5, 5.41) is 5.50. The van der Waals surface area contributed by atoms with Gasteiger partial charge in [-0.3, -0.25) is 9.78 Å². The van der Waals surface area contributed by atoms with E-state index in [1.54, 1.807) is 4.90 Å². The average Bonchev–Trinajstić information content (AvgIpc) is 3.76. The largest absolute Gasteiger partial charge is 0.338 e. The lowest BCUT2D eigenvalue weighted by Crippen LogP contribution is -2.65. The topological polar surface area (TPSA) is 77.6 Å². The first-order valence-electron chi connectivity index (χ1n) is 12.6. The van der Waals surface area contributed by atoms with Gasteiger partial charge in [0.15, 0.2) is 0 Å². The quantitative estimate of drug-likeness (QED) is 0.555. The normalized spacial score (nSPS) is 23.6. The third kappa shape index (κ3) is 5.27. The predicted octanol–water partition coefficient (Wildman–Crippen LogP) is 2.87. The van der Waals surface area contributed by atoms with Gasteiger partial charge in [0.25, 0.3) is 5.92 Å². The van der Waals surface area contributed by atoms with Gasteiger partial charge < -0.3 is 20.4 Å². The van der Waals surface area contributed by atoms with Crippen LogP contribution in [0.15, 0.2) is 24.5 Å². The van der Waals surface area contributed by atoms with Gasteiger partial charge >= 0.3 is 6.03 Å². The fraction of sp³-hybridized carbons (Fsp3) is 0.654. The molecule has 1 aromatic heterocycles. The number of halogens is 2. The van der Waals surface area contributed by atoms with Gasteiger partial charge in [-0.05, 0) is 70.2 Å². The molecule has 4 fully saturated rings. The lowest BCUT2D eigenvalue weighted by Gasteiger charge is -2.54. The summed E-state index contributed by atoms with van der Waals surface area (Å²) in [5.41, 5.74) is -0.785. The number of pyridine rings is 1. The van der Waals surface area contributed by atoms with Crippen molar-refractivity contribution in [2.24, 2.45) is 5.41 Å². The molecule has 35 heavy (non-hydrogen) atoms. The number of carbonyl (C=O) groups is 2. The molecule has 3 heterocycles. The molecule has 2 aliphatic heterocycles. The zero-order valence-corrected chi connectivity index (χ0v) is 19.9. The van der Waals surface area contributed by atoms with Gasteiger partial charge in [-0.2, -0.15) is 0 Å². The molecule has 1 aromatic rings. The summed E-state index contributed by atoms with van der Waals surface area (Å²) >= 11 is 0. The second-order valence-corrected chi connectivity index (χ2v) is 10.8. The van der Waals surface area contributed by atoms with E-state index in [4.69, 9.17) is 6.42 Å². The fourth-order valence-corrected chi connectivity index (χ4v) is 5.34. The van der Waals surface area contributed by atoms with Crippen LogP contribution in [0.4, 0.5) is 13.6 Å². The van der Waals surface area contributed by atoms with E-state index in [1.807, 2.05) is 0 Å². The molecule has 9 heteroatoms. The highest BCUT2D eigenvalue weighted by molar-refractivity contribution is 5.88. The minimum absolute atomic E-state index is 0.148. The Labute approximate surface area is 205 Å². The van der Waals surface area contributed by atoms with Crippen molar-refractivity contribution >= 4 is 11.9 Å². The Morgan fingerprint density at radius 1 is 1.23 bits per heavy atom. The van der Waals surface area contributed by atoms with Crippen molar-refractivity contribution in [2.75, 3.05) is 26.2 Å². The van der Waals surface area contributed by atoms with Crippen LogP contribution in [0, 0.1) is 17.8 Å². The number of hydrogen-bond acceptors (Lipinski definition) is 4.